The van der Waals surface area contributed by atoms with Gasteiger partial charge in [-0.1, -0.05) is 0 Å². The summed E-state index contributed by atoms with van der Waals surface area (Å²) in [6.07, 6.45) is 4.81. The van der Waals surface area contributed by atoms with Crippen LogP contribution in [-0.2, 0) is 9.53 Å². The molecule has 0 aromatic rings. The third-order valence-electron chi connectivity index (χ3n) is 4.97. The third kappa shape index (κ3) is 3.11. The van der Waals surface area contributed by atoms with Gasteiger partial charge < -0.3 is 14.5 Å². The van der Waals surface area contributed by atoms with Gasteiger partial charge in [-0.25, -0.2) is 0 Å². The van der Waals surface area contributed by atoms with Gasteiger partial charge in [0, 0.05) is 33.1 Å². The normalized spacial score (nSPS) is 35.2. The number of amides is 1. The minimum absolute atomic E-state index is 0.169. The molecule has 0 N–H and O–H groups in total. The van der Waals surface area contributed by atoms with E-state index in [1.807, 2.05) is 14.1 Å². The fourth-order valence-electron chi connectivity index (χ4n) is 3.56. The Bertz CT molecular complexity index is 341. The predicted molar refractivity (Wildman–Crippen MR) is 73.8 cm³/mol. The summed E-state index contributed by atoms with van der Waals surface area (Å²) < 4.78 is 5.92. The van der Waals surface area contributed by atoms with Crippen LogP contribution in [0.25, 0.3) is 0 Å². The van der Waals surface area contributed by atoms with Gasteiger partial charge in [-0.3, -0.25) is 4.79 Å². The number of hydrogen-bond acceptors (Lipinski definition) is 3. The molecular formula is C15H26N2O2. The van der Waals surface area contributed by atoms with E-state index in [0.29, 0.717) is 18.3 Å². The zero-order chi connectivity index (χ0) is 13.4. The van der Waals surface area contributed by atoms with Crippen molar-refractivity contribution in [2.75, 3.05) is 40.3 Å². The molecule has 0 unspecified atom stereocenters. The summed E-state index contributed by atoms with van der Waals surface area (Å²) in [5.41, 5.74) is 0. The number of carbonyl (C=O) groups excluding carboxylic acids is 1. The summed E-state index contributed by atoms with van der Waals surface area (Å²) in [5, 5.41) is 0. The average molecular weight is 266 g/mol. The van der Waals surface area contributed by atoms with Crippen LogP contribution in [0.2, 0.25) is 0 Å². The number of rotatable bonds is 4. The minimum Gasteiger partial charge on any atom is -0.377 e. The highest BCUT2D eigenvalue weighted by Crippen LogP contribution is 2.38. The van der Waals surface area contributed by atoms with E-state index in [1.165, 1.54) is 38.9 Å². The SMILES string of the molecule is CN(C)C(=O)C[C@@H]1OC[C@@H]2CN(CC3CC3)CC[C@@H]21. The summed E-state index contributed by atoms with van der Waals surface area (Å²) >= 11 is 0. The van der Waals surface area contributed by atoms with Gasteiger partial charge in [0.25, 0.3) is 0 Å². The standard InChI is InChI=1S/C15H26N2O2/c1-16(2)15(18)7-14-13-5-6-17(8-11-3-4-11)9-12(13)10-19-14/h11-14H,3-10H2,1-2H3/t12-,13-,14-/m0/s1. The molecule has 1 aliphatic carbocycles. The van der Waals surface area contributed by atoms with Gasteiger partial charge in [0.15, 0.2) is 0 Å². The van der Waals surface area contributed by atoms with E-state index in [2.05, 4.69) is 4.90 Å². The largest absolute Gasteiger partial charge is 0.377 e. The summed E-state index contributed by atoms with van der Waals surface area (Å²) in [4.78, 5) is 16.1. The maximum Gasteiger partial charge on any atom is 0.224 e. The lowest BCUT2D eigenvalue weighted by molar-refractivity contribution is -0.131. The van der Waals surface area contributed by atoms with Crippen LogP contribution in [0.15, 0.2) is 0 Å². The van der Waals surface area contributed by atoms with Crippen molar-refractivity contribution in [3.8, 4) is 0 Å². The summed E-state index contributed by atoms with van der Waals surface area (Å²) in [5.74, 6) is 2.45. The molecule has 2 aliphatic heterocycles. The van der Waals surface area contributed by atoms with Crippen molar-refractivity contribution in [2.45, 2.75) is 31.8 Å². The fraction of sp³-hybridized carbons (Fsp3) is 0.933. The molecule has 1 amide bonds. The molecule has 3 atom stereocenters. The number of fused-ring (bicyclic) bond motifs is 1. The van der Waals surface area contributed by atoms with E-state index in [4.69, 9.17) is 4.74 Å². The van der Waals surface area contributed by atoms with Crippen LogP contribution in [0.4, 0.5) is 0 Å². The van der Waals surface area contributed by atoms with E-state index >= 15 is 0 Å². The Hall–Kier alpha value is -0.610. The van der Waals surface area contributed by atoms with Crippen molar-refractivity contribution in [3.05, 3.63) is 0 Å². The topological polar surface area (TPSA) is 32.8 Å². The molecule has 0 aromatic heterocycles. The molecule has 0 radical (unpaired) electrons. The van der Waals surface area contributed by atoms with E-state index in [-0.39, 0.29) is 12.0 Å². The molecular weight excluding hydrogens is 240 g/mol. The Kier molecular flexibility index (Phi) is 3.81. The minimum atomic E-state index is 0.169. The van der Waals surface area contributed by atoms with Crippen LogP contribution in [0, 0.1) is 17.8 Å². The first kappa shape index (κ1) is 13.4. The van der Waals surface area contributed by atoms with E-state index in [0.717, 1.165) is 12.5 Å². The first-order valence-corrected chi connectivity index (χ1v) is 7.67. The lowest BCUT2D eigenvalue weighted by Gasteiger charge is -2.35. The molecule has 0 aromatic carbocycles. The molecule has 3 aliphatic rings. The van der Waals surface area contributed by atoms with Gasteiger partial charge >= 0.3 is 0 Å². The van der Waals surface area contributed by atoms with E-state index < -0.39 is 0 Å². The monoisotopic (exact) mass is 266 g/mol. The highest BCUT2D eigenvalue weighted by Gasteiger charge is 2.42. The fourth-order valence-corrected chi connectivity index (χ4v) is 3.56. The van der Waals surface area contributed by atoms with Crippen LogP contribution in [0.1, 0.15) is 25.7 Å². The van der Waals surface area contributed by atoms with Gasteiger partial charge in [0.05, 0.1) is 19.1 Å². The highest BCUT2D eigenvalue weighted by atomic mass is 16.5. The summed E-state index contributed by atoms with van der Waals surface area (Å²) in [6.45, 7) is 4.54. The smallest absolute Gasteiger partial charge is 0.224 e. The Morgan fingerprint density at radius 3 is 2.79 bits per heavy atom. The number of likely N-dealkylation sites (tertiary alicyclic amines) is 1. The maximum absolute atomic E-state index is 11.8. The molecule has 19 heavy (non-hydrogen) atoms. The van der Waals surface area contributed by atoms with Crippen molar-refractivity contribution in [2.24, 2.45) is 17.8 Å². The number of ether oxygens (including phenoxy) is 1. The Morgan fingerprint density at radius 2 is 2.11 bits per heavy atom. The average Bonchev–Trinajstić information content (AvgIpc) is 3.10. The van der Waals surface area contributed by atoms with Crippen molar-refractivity contribution >= 4 is 5.91 Å². The van der Waals surface area contributed by atoms with E-state index in [9.17, 15) is 4.79 Å². The molecule has 2 heterocycles. The first-order chi connectivity index (χ1) is 9.13. The third-order valence-corrected chi connectivity index (χ3v) is 4.97. The van der Waals surface area contributed by atoms with Crippen LogP contribution in [0.3, 0.4) is 0 Å². The Balaban J connectivity index is 1.51. The number of piperidine rings is 1. The van der Waals surface area contributed by atoms with E-state index in [1.54, 1.807) is 4.90 Å². The molecule has 108 valence electrons. The van der Waals surface area contributed by atoms with Gasteiger partial charge in [-0.15, -0.1) is 0 Å². The second kappa shape index (κ2) is 5.41. The van der Waals surface area contributed by atoms with Crippen molar-refractivity contribution in [1.29, 1.82) is 0 Å². The van der Waals surface area contributed by atoms with Crippen molar-refractivity contribution < 1.29 is 9.53 Å². The zero-order valence-electron chi connectivity index (χ0n) is 12.2. The lowest BCUT2D eigenvalue weighted by atomic mass is 9.83. The number of nitrogens with zero attached hydrogens (tertiary/aromatic N) is 2. The van der Waals surface area contributed by atoms with Crippen LogP contribution < -0.4 is 0 Å². The molecule has 0 bridgehead atoms. The molecule has 4 nitrogen and oxygen atoms in total. The lowest BCUT2D eigenvalue weighted by Crippen LogP contribution is -2.43. The summed E-state index contributed by atoms with van der Waals surface area (Å²) in [6, 6.07) is 0. The van der Waals surface area contributed by atoms with Gasteiger partial charge in [-0.05, 0) is 37.6 Å². The predicted octanol–water partition coefficient (Wildman–Crippen LogP) is 1.21. The number of hydrogen-bond donors (Lipinski definition) is 0. The summed E-state index contributed by atoms with van der Waals surface area (Å²) in [7, 11) is 3.65. The first-order valence-electron chi connectivity index (χ1n) is 7.67. The maximum atomic E-state index is 11.8. The quantitative estimate of drug-likeness (QED) is 0.767. The van der Waals surface area contributed by atoms with Gasteiger partial charge in [-0.2, -0.15) is 0 Å². The van der Waals surface area contributed by atoms with Crippen molar-refractivity contribution in [3.63, 3.8) is 0 Å². The Labute approximate surface area is 116 Å². The van der Waals surface area contributed by atoms with Crippen LogP contribution in [0.5, 0.6) is 0 Å². The van der Waals surface area contributed by atoms with Crippen molar-refractivity contribution in [1.82, 2.24) is 9.80 Å². The highest BCUT2D eigenvalue weighted by molar-refractivity contribution is 5.76. The van der Waals surface area contributed by atoms with Crippen LogP contribution >= 0.6 is 0 Å². The van der Waals surface area contributed by atoms with Crippen LogP contribution in [-0.4, -0.2) is 62.1 Å². The molecule has 1 saturated carbocycles. The molecule has 3 fully saturated rings. The number of carbonyl (C=O) groups is 1. The Morgan fingerprint density at radius 1 is 1.32 bits per heavy atom. The van der Waals surface area contributed by atoms with Gasteiger partial charge in [0.2, 0.25) is 5.91 Å². The molecule has 0 spiro atoms. The second-order valence-corrected chi connectivity index (χ2v) is 6.78. The molecule has 3 rings (SSSR count). The van der Waals surface area contributed by atoms with Gasteiger partial charge in [0.1, 0.15) is 0 Å². The zero-order valence-corrected chi connectivity index (χ0v) is 12.2. The second-order valence-electron chi connectivity index (χ2n) is 6.78. The molecule has 4 heteroatoms. The molecule has 2 saturated heterocycles.